The molecule has 0 amide bonds. The molecule has 0 aromatic rings. The lowest BCUT2D eigenvalue weighted by Gasteiger charge is -2.23. The number of rotatable bonds is 3. The second-order valence-electron chi connectivity index (χ2n) is 6.32. The highest BCUT2D eigenvalue weighted by molar-refractivity contribution is 5.12. The van der Waals surface area contributed by atoms with Crippen molar-refractivity contribution in [2.24, 2.45) is 16.7 Å². The quantitative estimate of drug-likeness (QED) is 0.774. The van der Waals surface area contributed by atoms with Gasteiger partial charge in [0.15, 0.2) is 0 Å². The molecular formula is C13H25NO. The molecule has 0 radical (unpaired) electrons. The van der Waals surface area contributed by atoms with Gasteiger partial charge in [0, 0.05) is 12.6 Å². The third-order valence-corrected chi connectivity index (χ3v) is 5.09. The van der Waals surface area contributed by atoms with Crippen molar-refractivity contribution in [1.82, 2.24) is 5.32 Å². The average molecular weight is 211 g/mol. The lowest BCUT2D eigenvalue weighted by Crippen LogP contribution is -2.38. The summed E-state index contributed by atoms with van der Waals surface area (Å²) < 4.78 is 5.48. The first kappa shape index (κ1) is 11.4. The van der Waals surface area contributed by atoms with Crippen molar-refractivity contribution in [3.63, 3.8) is 0 Å². The van der Waals surface area contributed by atoms with Crippen molar-refractivity contribution < 1.29 is 4.74 Å². The van der Waals surface area contributed by atoms with E-state index in [2.05, 4.69) is 33.0 Å². The summed E-state index contributed by atoms with van der Waals surface area (Å²) in [5.41, 5.74) is 1.02. The van der Waals surface area contributed by atoms with Crippen molar-refractivity contribution in [2.75, 3.05) is 19.8 Å². The van der Waals surface area contributed by atoms with Gasteiger partial charge in [-0.05, 0) is 36.1 Å². The molecule has 15 heavy (non-hydrogen) atoms. The van der Waals surface area contributed by atoms with Gasteiger partial charge in [0.2, 0.25) is 0 Å². The fourth-order valence-electron chi connectivity index (χ4n) is 3.03. The van der Waals surface area contributed by atoms with Gasteiger partial charge in [-0.25, -0.2) is 0 Å². The normalized spacial score (nSPS) is 34.0. The van der Waals surface area contributed by atoms with Crippen LogP contribution >= 0.6 is 0 Å². The maximum Gasteiger partial charge on any atom is 0.0619 e. The van der Waals surface area contributed by atoms with Crippen LogP contribution in [-0.2, 0) is 4.74 Å². The zero-order valence-corrected chi connectivity index (χ0v) is 10.6. The Morgan fingerprint density at radius 3 is 2.33 bits per heavy atom. The Hall–Kier alpha value is -0.0800. The van der Waals surface area contributed by atoms with Crippen LogP contribution in [0.25, 0.3) is 0 Å². The minimum Gasteiger partial charge on any atom is -0.380 e. The van der Waals surface area contributed by atoms with Crippen molar-refractivity contribution >= 4 is 0 Å². The smallest absolute Gasteiger partial charge is 0.0619 e. The molecule has 1 N–H and O–H groups in total. The summed E-state index contributed by atoms with van der Waals surface area (Å²) in [6.45, 7) is 12.6. The van der Waals surface area contributed by atoms with Gasteiger partial charge in [-0.3, -0.25) is 0 Å². The van der Waals surface area contributed by atoms with Crippen LogP contribution in [0.2, 0.25) is 0 Å². The molecule has 2 aliphatic rings. The maximum atomic E-state index is 5.48. The van der Waals surface area contributed by atoms with Gasteiger partial charge in [-0.15, -0.1) is 0 Å². The van der Waals surface area contributed by atoms with Gasteiger partial charge in [0.25, 0.3) is 0 Å². The highest BCUT2D eigenvalue weighted by Crippen LogP contribution is 2.67. The van der Waals surface area contributed by atoms with Gasteiger partial charge >= 0.3 is 0 Å². The van der Waals surface area contributed by atoms with Crippen molar-refractivity contribution in [3.05, 3.63) is 0 Å². The van der Waals surface area contributed by atoms with Crippen LogP contribution in [0.3, 0.4) is 0 Å². The van der Waals surface area contributed by atoms with Crippen LogP contribution in [0.4, 0.5) is 0 Å². The Kier molecular flexibility index (Phi) is 2.85. The average Bonchev–Trinajstić information content (AvgIpc) is 2.57. The largest absolute Gasteiger partial charge is 0.380 e. The summed E-state index contributed by atoms with van der Waals surface area (Å²) in [7, 11) is 0. The summed E-state index contributed by atoms with van der Waals surface area (Å²) in [5.74, 6) is 0.826. The molecule has 2 fully saturated rings. The Morgan fingerprint density at radius 2 is 1.87 bits per heavy atom. The van der Waals surface area contributed by atoms with Crippen LogP contribution in [-0.4, -0.2) is 25.8 Å². The summed E-state index contributed by atoms with van der Waals surface area (Å²) in [4.78, 5) is 0. The molecular weight excluding hydrogens is 186 g/mol. The first-order chi connectivity index (χ1) is 6.96. The van der Waals surface area contributed by atoms with E-state index in [-0.39, 0.29) is 0 Å². The lowest BCUT2D eigenvalue weighted by molar-refractivity contribution is 0.0697. The minimum atomic E-state index is 0.509. The fourth-order valence-corrected chi connectivity index (χ4v) is 3.03. The van der Waals surface area contributed by atoms with E-state index in [9.17, 15) is 0 Å². The van der Waals surface area contributed by atoms with Crippen LogP contribution in [0.1, 0.15) is 40.5 Å². The van der Waals surface area contributed by atoms with Crippen LogP contribution < -0.4 is 5.32 Å². The summed E-state index contributed by atoms with van der Waals surface area (Å²) in [6.07, 6.45) is 2.50. The third-order valence-electron chi connectivity index (χ3n) is 5.09. The molecule has 1 saturated heterocycles. The second kappa shape index (κ2) is 3.74. The topological polar surface area (TPSA) is 21.3 Å². The predicted molar refractivity (Wildman–Crippen MR) is 62.9 cm³/mol. The molecule has 1 atom stereocenters. The molecule has 0 spiro atoms. The number of hydrogen-bond donors (Lipinski definition) is 1. The lowest BCUT2D eigenvalue weighted by atomic mass is 10.0. The van der Waals surface area contributed by atoms with Crippen molar-refractivity contribution in [3.8, 4) is 0 Å². The van der Waals surface area contributed by atoms with E-state index in [0.29, 0.717) is 16.9 Å². The van der Waals surface area contributed by atoms with Gasteiger partial charge < -0.3 is 10.1 Å². The van der Waals surface area contributed by atoms with E-state index in [1.54, 1.807) is 0 Å². The number of ether oxygens (including phenoxy) is 1. The second-order valence-corrected chi connectivity index (χ2v) is 6.32. The maximum absolute atomic E-state index is 5.48. The van der Waals surface area contributed by atoms with Crippen LogP contribution in [0.5, 0.6) is 0 Å². The third kappa shape index (κ3) is 1.94. The first-order valence-electron chi connectivity index (χ1n) is 6.27. The molecule has 1 heterocycles. The van der Waals surface area contributed by atoms with Gasteiger partial charge in [-0.1, -0.05) is 27.7 Å². The fraction of sp³-hybridized carbons (Fsp3) is 1.00. The molecule has 2 nitrogen and oxygen atoms in total. The van der Waals surface area contributed by atoms with Gasteiger partial charge in [-0.2, -0.15) is 0 Å². The molecule has 2 rings (SSSR count). The molecule has 1 saturated carbocycles. The number of hydrogen-bond acceptors (Lipinski definition) is 2. The molecule has 88 valence electrons. The molecule has 1 aliphatic carbocycles. The highest BCUT2D eigenvalue weighted by Gasteiger charge is 2.63. The molecule has 1 aliphatic heterocycles. The van der Waals surface area contributed by atoms with Crippen molar-refractivity contribution in [2.45, 2.75) is 46.6 Å². The Bertz CT molecular complexity index is 215. The predicted octanol–water partition coefficient (Wildman–Crippen LogP) is 2.44. The van der Waals surface area contributed by atoms with E-state index in [1.165, 1.54) is 12.8 Å². The van der Waals surface area contributed by atoms with E-state index in [4.69, 9.17) is 4.74 Å². The van der Waals surface area contributed by atoms with Crippen molar-refractivity contribution in [1.29, 1.82) is 0 Å². The summed E-state index contributed by atoms with van der Waals surface area (Å²) in [6, 6.07) is 0.603. The van der Waals surface area contributed by atoms with E-state index >= 15 is 0 Å². The van der Waals surface area contributed by atoms with Gasteiger partial charge in [0.05, 0.1) is 6.61 Å². The van der Waals surface area contributed by atoms with E-state index in [0.717, 1.165) is 25.7 Å². The van der Waals surface area contributed by atoms with Crippen LogP contribution in [0.15, 0.2) is 0 Å². The molecule has 0 bridgehead atoms. The van der Waals surface area contributed by atoms with Gasteiger partial charge in [0.1, 0.15) is 0 Å². The first-order valence-corrected chi connectivity index (χ1v) is 6.27. The van der Waals surface area contributed by atoms with E-state index < -0.39 is 0 Å². The van der Waals surface area contributed by atoms with E-state index in [1.807, 2.05) is 0 Å². The Morgan fingerprint density at radius 1 is 1.20 bits per heavy atom. The minimum absolute atomic E-state index is 0.509. The zero-order valence-electron chi connectivity index (χ0n) is 10.6. The zero-order chi connectivity index (χ0) is 11.1. The SMILES string of the molecule is CC1(C)C(CNC2CCCOC2)C1(C)C. The summed E-state index contributed by atoms with van der Waals surface area (Å²) in [5, 5.41) is 3.67. The molecule has 0 aromatic carbocycles. The molecule has 2 heteroatoms. The number of nitrogens with one attached hydrogen (secondary N) is 1. The molecule has 1 unspecified atom stereocenters. The van der Waals surface area contributed by atoms with Crippen LogP contribution in [0, 0.1) is 16.7 Å². The Labute approximate surface area is 93.8 Å². The summed E-state index contributed by atoms with van der Waals surface area (Å²) >= 11 is 0. The molecule has 0 aromatic heterocycles. The monoisotopic (exact) mass is 211 g/mol. The highest BCUT2D eigenvalue weighted by atomic mass is 16.5. The Balaban J connectivity index is 1.75. The standard InChI is InChI=1S/C13H25NO/c1-12(2)11(13(12,3)4)8-14-10-6-5-7-15-9-10/h10-11,14H,5-9H2,1-4H3.